The Bertz CT molecular complexity index is 1170. The van der Waals surface area contributed by atoms with Crippen molar-refractivity contribution in [2.75, 3.05) is 6.54 Å². The van der Waals surface area contributed by atoms with Crippen molar-refractivity contribution in [3.8, 4) is 11.1 Å². The summed E-state index contributed by atoms with van der Waals surface area (Å²) in [5.41, 5.74) is 12.2. The molecule has 0 fully saturated rings. The molecule has 0 bridgehead atoms. The van der Waals surface area contributed by atoms with Crippen molar-refractivity contribution in [3.05, 3.63) is 63.5 Å². The molecule has 0 aromatic heterocycles. The summed E-state index contributed by atoms with van der Waals surface area (Å²) in [7, 11) is 0. The summed E-state index contributed by atoms with van der Waals surface area (Å²) in [5.74, 6) is -1.06. The number of ether oxygens (including phenoxy) is 1. The van der Waals surface area contributed by atoms with Crippen LogP contribution in [0.5, 0.6) is 0 Å². The number of carbonyl (C=O) groups excluding carboxylic acids is 2. The van der Waals surface area contributed by atoms with Crippen molar-refractivity contribution in [2.24, 2.45) is 5.73 Å². The second kappa shape index (κ2) is 7.76. The molecule has 2 aromatic rings. The fourth-order valence-electron chi connectivity index (χ4n) is 4.71. The SMILES string of the molecule is CC1=C(C)c2c(c(C(N)=O)cc(F)c2-c2cccc3c2CCN(C(=O)OC(C)(C)C)C3)C1. The molecule has 4 rings (SSSR count). The molecule has 6 heteroatoms. The molecule has 2 amide bonds. The van der Waals surface area contributed by atoms with Crippen LogP contribution < -0.4 is 5.73 Å². The van der Waals surface area contributed by atoms with E-state index in [2.05, 4.69) is 0 Å². The Morgan fingerprint density at radius 2 is 1.84 bits per heavy atom. The summed E-state index contributed by atoms with van der Waals surface area (Å²) in [6, 6.07) is 7.06. The number of halogens is 1. The Labute approximate surface area is 188 Å². The zero-order chi connectivity index (χ0) is 23.4. The Kier molecular flexibility index (Phi) is 5.35. The summed E-state index contributed by atoms with van der Waals surface area (Å²) in [5, 5.41) is 0. The fraction of sp³-hybridized carbons (Fsp3) is 0.385. The number of amides is 2. The summed E-state index contributed by atoms with van der Waals surface area (Å²) in [6.45, 7) is 10.4. The number of benzene rings is 2. The van der Waals surface area contributed by atoms with E-state index in [0.717, 1.165) is 39.0 Å². The van der Waals surface area contributed by atoms with E-state index >= 15 is 4.39 Å². The van der Waals surface area contributed by atoms with Crippen molar-refractivity contribution in [1.29, 1.82) is 0 Å². The summed E-state index contributed by atoms with van der Waals surface area (Å²) in [4.78, 5) is 26.2. The summed E-state index contributed by atoms with van der Waals surface area (Å²) >= 11 is 0. The highest BCUT2D eigenvalue weighted by molar-refractivity contribution is 6.00. The Morgan fingerprint density at radius 3 is 2.50 bits per heavy atom. The van der Waals surface area contributed by atoms with E-state index in [9.17, 15) is 9.59 Å². The highest BCUT2D eigenvalue weighted by atomic mass is 19.1. The lowest BCUT2D eigenvalue weighted by atomic mass is 9.85. The van der Waals surface area contributed by atoms with Gasteiger partial charge in [-0.2, -0.15) is 0 Å². The van der Waals surface area contributed by atoms with Gasteiger partial charge in [0.15, 0.2) is 0 Å². The van der Waals surface area contributed by atoms with Crippen LogP contribution in [-0.4, -0.2) is 29.0 Å². The van der Waals surface area contributed by atoms with Gasteiger partial charge in [0.05, 0.1) is 0 Å². The van der Waals surface area contributed by atoms with Gasteiger partial charge in [0.25, 0.3) is 0 Å². The largest absolute Gasteiger partial charge is 0.444 e. The molecular formula is C26H29FN2O3. The maximum absolute atomic E-state index is 15.5. The van der Waals surface area contributed by atoms with Crippen LogP contribution >= 0.6 is 0 Å². The standard InChI is InChI=1S/C26H29FN2O3/c1-14-11-19-20(24(28)30)12-21(27)23(22(19)15(14)2)18-8-6-7-16-13-29(10-9-17(16)18)25(31)32-26(3,4)5/h6-8,12H,9-11,13H2,1-5H3,(H2,28,30). The number of hydrogen-bond acceptors (Lipinski definition) is 3. The minimum atomic E-state index is -0.614. The molecule has 0 saturated carbocycles. The first kappa shape index (κ1) is 22.1. The second-order valence-electron chi connectivity index (χ2n) is 9.68. The van der Waals surface area contributed by atoms with Crippen molar-refractivity contribution in [3.63, 3.8) is 0 Å². The third kappa shape index (κ3) is 3.78. The molecule has 2 aromatic carbocycles. The molecule has 0 unspecified atom stereocenters. The van der Waals surface area contributed by atoms with Crippen LogP contribution in [0.1, 0.15) is 67.2 Å². The van der Waals surface area contributed by atoms with Gasteiger partial charge in [0, 0.05) is 24.2 Å². The third-order valence-corrected chi connectivity index (χ3v) is 6.30. The number of hydrogen-bond donors (Lipinski definition) is 1. The molecule has 0 atom stereocenters. The predicted molar refractivity (Wildman–Crippen MR) is 123 cm³/mol. The van der Waals surface area contributed by atoms with Gasteiger partial charge in [-0.25, -0.2) is 9.18 Å². The fourth-order valence-corrected chi connectivity index (χ4v) is 4.71. The van der Waals surface area contributed by atoms with Gasteiger partial charge in [0.2, 0.25) is 5.91 Å². The highest BCUT2D eigenvalue weighted by Crippen LogP contribution is 2.44. The van der Waals surface area contributed by atoms with Crippen LogP contribution in [0.4, 0.5) is 9.18 Å². The summed E-state index contributed by atoms with van der Waals surface area (Å²) < 4.78 is 21.0. The molecule has 168 valence electrons. The second-order valence-corrected chi connectivity index (χ2v) is 9.68. The van der Waals surface area contributed by atoms with E-state index in [-0.39, 0.29) is 11.7 Å². The van der Waals surface area contributed by atoms with Crippen LogP contribution in [-0.2, 0) is 24.1 Å². The van der Waals surface area contributed by atoms with E-state index < -0.39 is 17.3 Å². The number of rotatable bonds is 2. The van der Waals surface area contributed by atoms with E-state index in [1.807, 2.05) is 52.8 Å². The zero-order valence-corrected chi connectivity index (χ0v) is 19.3. The maximum Gasteiger partial charge on any atom is 0.410 e. The lowest BCUT2D eigenvalue weighted by Crippen LogP contribution is -2.40. The molecule has 2 aliphatic rings. The normalized spacial score (nSPS) is 15.5. The van der Waals surface area contributed by atoms with E-state index in [0.29, 0.717) is 31.5 Å². The van der Waals surface area contributed by atoms with Gasteiger partial charge in [0.1, 0.15) is 11.4 Å². The van der Waals surface area contributed by atoms with Crippen molar-refractivity contribution in [2.45, 2.75) is 59.6 Å². The lowest BCUT2D eigenvalue weighted by Gasteiger charge is -2.32. The van der Waals surface area contributed by atoms with Crippen LogP contribution in [0.15, 0.2) is 29.8 Å². The molecule has 1 aliphatic heterocycles. The minimum absolute atomic E-state index is 0.248. The average molecular weight is 437 g/mol. The molecule has 2 N–H and O–H groups in total. The Morgan fingerprint density at radius 1 is 1.12 bits per heavy atom. The number of fused-ring (bicyclic) bond motifs is 2. The van der Waals surface area contributed by atoms with Crippen LogP contribution in [0.25, 0.3) is 16.7 Å². The molecule has 32 heavy (non-hydrogen) atoms. The van der Waals surface area contributed by atoms with Crippen LogP contribution in [0.3, 0.4) is 0 Å². The smallest absolute Gasteiger partial charge is 0.410 e. The van der Waals surface area contributed by atoms with Gasteiger partial charge in [-0.05, 0) is 86.9 Å². The van der Waals surface area contributed by atoms with E-state index in [4.69, 9.17) is 10.5 Å². The first-order valence-electron chi connectivity index (χ1n) is 10.9. The lowest BCUT2D eigenvalue weighted by molar-refractivity contribution is 0.0224. The summed E-state index contributed by atoms with van der Waals surface area (Å²) in [6.07, 6.45) is 0.841. The Balaban J connectivity index is 1.80. The molecule has 5 nitrogen and oxygen atoms in total. The van der Waals surface area contributed by atoms with Crippen molar-refractivity contribution < 1.29 is 18.7 Å². The van der Waals surface area contributed by atoms with Gasteiger partial charge >= 0.3 is 6.09 Å². The van der Waals surface area contributed by atoms with E-state index in [1.54, 1.807) is 4.90 Å². The van der Waals surface area contributed by atoms with E-state index in [1.165, 1.54) is 6.07 Å². The highest BCUT2D eigenvalue weighted by Gasteiger charge is 2.31. The van der Waals surface area contributed by atoms with Gasteiger partial charge in [-0.1, -0.05) is 23.8 Å². The number of primary amides is 1. The molecule has 1 aliphatic carbocycles. The monoisotopic (exact) mass is 436 g/mol. The number of nitrogens with zero attached hydrogens (tertiary/aromatic N) is 1. The third-order valence-electron chi connectivity index (χ3n) is 6.30. The molecular weight excluding hydrogens is 407 g/mol. The van der Waals surface area contributed by atoms with Gasteiger partial charge < -0.3 is 15.4 Å². The topological polar surface area (TPSA) is 72.6 Å². The Hall–Kier alpha value is -3.15. The zero-order valence-electron chi connectivity index (χ0n) is 19.3. The molecule has 1 heterocycles. The first-order chi connectivity index (χ1) is 15.0. The molecule has 0 radical (unpaired) electrons. The maximum atomic E-state index is 15.5. The quantitative estimate of drug-likeness (QED) is 0.700. The average Bonchev–Trinajstić information content (AvgIpc) is 3.00. The number of nitrogens with two attached hydrogens (primary N) is 1. The van der Waals surface area contributed by atoms with Crippen molar-refractivity contribution >= 4 is 17.6 Å². The van der Waals surface area contributed by atoms with Gasteiger partial charge in [-0.3, -0.25) is 4.79 Å². The number of allylic oxidation sites excluding steroid dienone is 2. The van der Waals surface area contributed by atoms with Crippen molar-refractivity contribution in [1.82, 2.24) is 4.90 Å². The number of carbonyl (C=O) groups is 2. The van der Waals surface area contributed by atoms with Crippen LogP contribution in [0, 0.1) is 5.82 Å². The predicted octanol–water partition coefficient (Wildman–Crippen LogP) is 5.23. The molecule has 0 spiro atoms. The van der Waals surface area contributed by atoms with Gasteiger partial charge in [-0.15, -0.1) is 0 Å². The first-order valence-corrected chi connectivity index (χ1v) is 10.9. The minimum Gasteiger partial charge on any atom is -0.444 e. The van der Waals surface area contributed by atoms with Crippen LogP contribution in [0.2, 0.25) is 0 Å². The molecule has 0 saturated heterocycles.